The first-order valence-electron chi connectivity index (χ1n) is 9.21. The fourth-order valence-corrected chi connectivity index (χ4v) is 3.54. The molecular weight excluding hydrogens is 427 g/mol. The summed E-state index contributed by atoms with van der Waals surface area (Å²) in [4.78, 5) is 11.2. The van der Waals surface area contributed by atoms with Crippen molar-refractivity contribution in [2.75, 3.05) is 38.1 Å². The van der Waals surface area contributed by atoms with E-state index in [2.05, 4.69) is 0 Å². The summed E-state index contributed by atoms with van der Waals surface area (Å²) < 4.78 is 48.5. The maximum atomic E-state index is 11.4. The Labute approximate surface area is 200 Å². The van der Waals surface area contributed by atoms with Crippen molar-refractivity contribution < 1.29 is 61.5 Å². The van der Waals surface area contributed by atoms with Crippen molar-refractivity contribution in [3.8, 4) is 0 Å². The van der Waals surface area contributed by atoms with Crippen LogP contribution < -0.4 is 29.6 Å². The number of benzene rings is 1. The Bertz CT molecular complexity index is 680. The van der Waals surface area contributed by atoms with E-state index < -0.39 is 10.1 Å². The summed E-state index contributed by atoms with van der Waals surface area (Å²) in [5, 5.41) is 0. The summed E-state index contributed by atoms with van der Waals surface area (Å²) in [6.45, 7) is 7.04. The monoisotopic (exact) mass is 456 g/mol. The first-order chi connectivity index (χ1) is 13.3. The quantitative estimate of drug-likeness (QED) is 0.127. The molecule has 160 valence electrons. The summed E-state index contributed by atoms with van der Waals surface area (Å²) in [5.41, 5.74) is 0.982. The van der Waals surface area contributed by atoms with Gasteiger partial charge in [0, 0.05) is 5.75 Å². The summed E-state index contributed by atoms with van der Waals surface area (Å²) in [5.74, 6) is 1.57. The number of esters is 1. The average Bonchev–Trinajstić information content (AvgIpc) is 2.67. The van der Waals surface area contributed by atoms with E-state index in [1.54, 1.807) is 23.9 Å². The standard InChI is InChI=1S/C19H30O7S2.Na/c1-4-15(2)19(20)26-10-9-24-14-25-11-12-27-13-16(3)17-5-7-18(8-6-17)28(21,22)23;/h5-8,15-16H,4,9-14H2,1-3H3,(H,21,22,23);/q;+1/p-1. The van der Waals surface area contributed by atoms with Gasteiger partial charge in [-0.3, -0.25) is 4.79 Å². The molecule has 0 aromatic heterocycles. The van der Waals surface area contributed by atoms with Crippen LogP contribution in [-0.4, -0.2) is 57.1 Å². The molecule has 0 aliphatic heterocycles. The van der Waals surface area contributed by atoms with Crippen molar-refractivity contribution >= 4 is 27.8 Å². The third-order valence-corrected chi connectivity index (χ3v) is 6.17. The smallest absolute Gasteiger partial charge is 0.744 e. The first kappa shape index (κ1) is 28.9. The van der Waals surface area contributed by atoms with Crippen LogP contribution in [0.3, 0.4) is 0 Å². The Hall–Kier alpha value is -0.130. The van der Waals surface area contributed by atoms with E-state index in [1.807, 2.05) is 20.8 Å². The first-order valence-corrected chi connectivity index (χ1v) is 11.8. The van der Waals surface area contributed by atoms with Gasteiger partial charge in [0.1, 0.15) is 23.5 Å². The fraction of sp³-hybridized carbons (Fsp3) is 0.632. The molecule has 0 fully saturated rings. The Morgan fingerprint density at radius 1 is 1.10 bits per heavy atom. The fourth-order valence-electron chi connectivity index (χ4n) is 2.12. The molecule has 0 saturated carbocycles. The topological polar surface area (TPSA) is 102 Å². The minimum Gasteiger partial charge on any atom is -0.744 e. The maximum absolute atomic E-state index is 11.4. The maximum Gasteiger partial charge on any atom is 1.00 e. The van der Waals surface area contributed by atoms with E-state index in [0.717, 1.165) is 23.5 Å². The minimum atomic E-state index is -4.40. The van der Waals surface area contributed by atoms with Gasteiger partial charge in [-0.15, -0.1) is 0 Å². The molecule has 0 saturated heterocycles. The molecule has 2 atom stereocenters. The molecule has 1 aromatic carbocycles. The van der Waals surface area contributed by atoms with Gasteiger partial charge >= 0.3 is 35.5 Å². The van der Waals surface area contributed by atoms with Gasteiger partial charge in [0.25, 0.3) is 0 Å². The molecule has 2 unspecified atom stereocenters. The van der Waals surface area contributed by atoms with Crippen LogP contribution in [0.4, 0.5) is 0 Å². The predicted octanol–water partition coefficient (Wildman–Crippen LogP) is 0.0114. The summed E-state index contributed by atoms with van der Waals surface area (Å²) >= 11 is 1.71. The van der Waals surface area contributed by atoms with Crippen molar-refractivity contribution in [3.63, 3.8) is 0 Å². The number of rotatable bonds is 14. The number of carbonyl (C=O) groups is 1. The van der Waals surface area contributed by atoms with Gasteiger partial charge in [0.05, 0.1) is 24.0 Å². The summed E-state index contributed by atoms with van der Waals surface area (Å²) in [6, 6.07) is 6.04. The molecule has 10 heteroatoms. The number of ether oxygens (including phenoxy) is 3. The third kappa shape index (κ3) is 12.3. The van der Waals surface area contributed by atoms with Gasteiger partial charge < -0.3 is 18.8 Å². The molecule has 29 heavy (non-hydrogen) atoms. The van der Waals surface area contributed by atoms with Crippen LogP contribution in [0.1, 0.15) is 38.7 Å². The Morgan fingerprint density at radius 2 is 1.72 bits per heavy atom. The van der Waals surface area contributed by atoms with Crippen molar-refractivity contribution in [1.82, 2.24) is 0 Å². The van der Waals surface area contributed by atoms with Crippen LogP contribution in [0.5, 0.6) is 0 Å². The second-order valence-electron chi connectivity index (χ2n) is 6.41. The Balaban J connectivity index is 0.00000784. The van der Waals surface area contributed by atoms with E-state index in [-0.39, 0.29) is 65.7 Å². The molecule has 1 rings (SSSR count). The van der Waals surface area contributed by atoms with Gasteiger partial charge in [0.2, 0.25) is 0 Å². The normalized spacial score (nSPS) is 13.4. The number of carbonyl (C=O) groups excluding carboxylic acids is 1. The van der Waals surface area contributed by atoms with Crippen LogP contribution in [-0.2, 0) is 29.1 Å². The molecule has 0 spiro atoms. The van der Waals surface area contributed by atoms with Gasteiger partial charge in [-0.1, -0.05) is 32.9 Å². The molecule has 0 bridgehead atoms. The van der Waals surface area contributed by atoms with Crippen molar-refractivity contribution in [3.05, 3.63) is 29.8 Å². The number of thioether (sulfide) groups is 1. The zero-order valence-corrected chi connectivity index (χ0v) is 21.2. The summed E-state index contributed by atoms with van der Waals surface area (Å²) in [7, 11) is -4.40. The van der Waals surface area contributed by atoms with Crippen LogP contribution >= 0.6 is 11.8 Å². The molecule has 0 amide bonds. The molecule has 0 N–H and O–H groups in total. The van der Waals surface area contributed by atoms with Crippen molar-refractivity contribution in [2.45, 2.75) is 38.0 Å². The molecule has 0 aliphatic carbocycles. The van der Waals surface area contributed by atoms with E-state index in [9.17, 15) is 17.8 Å². The van der Waals surface area contributed by atoms with Gasteiger partial charge in [0.15, 0.2) is 0 Å². The third-order valence-electron chi connectivity index (χ3n) is 4.13. The Morgan fingerprint density at radius 3 is 2.31 bits per heavy atom. The molecule has 0 radical (unpaired) electrons. The average molecular weight is 457 g/mol. The zero-order valence-electron chi connectivity index (χ0n) is 17.6. The molecule has 0 heterocycles. The van der Waals surface area contributed by atoms with Crippen LogP contribution in [0.25, 0.3) is 0 Å². The number of hydrogen-bond donors (Lipinski definition) is 0. The predicted molar refractivity (Wildman–Crippen MR) is 107 cm³/mol. The van der Waals surface area contributed by atoms with Crippen LogP contribution in [0, 0.1) is 5.92 Å². The molecular formula is C19H29NaO7S2. The van der Waals surface area contributed by atoms with Crippen LogP contribution in [0.2, 0.25) is 0 Å². The van der Waals surface area contributed by atoms with E-state index in [1.165, 1.54) is 12.1 Å². The van der Waals surface area contributed by atoms with E-state index in [0.29, 0.717) is 13.2 Å². The SMILES string of the molecule is CCC(C)C(=O)OCCOCOCCSCC(C)c1ccc(S(=O)(=O)[O-])cc1.[Na+]. The zero-order chi connectivity index (χ0) is 21.0. The second kappa shape index (κ2) is 15.6. The summed E-state index contributed by atoms with van der Waals surface area (Å²) in [6.07, 6.45) is 0.756. The number of hydrogen-bond acceptors (Lipinski definition) is 8. The van der Waals surface area contributed by atoms with E-state index >= 15 is 0 Å². The second-order valence-corrected chi connectivity index (χ2v) is 8.94. The minimum absolute atomic E-state index is 0. The molecule has 1 aromatic rings. The Kier molecular flexibility index (Phi) is 15.6. The van der Waals surface area contributed by atoms with Gasteiger partial charge in [-0.05, 0) is 35.8 Å². The van der Waals surface area contributed by atoms with Gasteiger partial charge in [-0.2, -0.15) is 11.8 Å². The van der Waals surface area contributed by atoms with Gasteiger partial charge in [-0.25, -0.2) is 8.42 Å². The van der Waals surface area contributed by atoms with Crippen molar-refractivity contribution in [1.29, 1.82) is 0 Å². The molecule has 7 nitrogen and oxygen atoms in total. The van der Waals surface area contributed by atoms with E-state index in [4.69, 9.17) is 14.2 Å². The largest absolute Gasteiger partial charge is 1.00 e. The van der Waals surface area contributed by atoms with Crippen LogP contribution in [0.15, 0.2) is 29.2 Å². The molecule has 0 aliphatic rings. The van der Waals surface area contributed by atoms with Crippen molar-refractivity contribution in [2.24, 2.45) is 5.92 Å².